The second kappa shape index (κ2) is 16.8. The highest BCUT2D eigenvalue weighted by Gasteiger charge is 2.55. The number of benzene rings is 8. The van der Waals surface area contributed by atoms with E-state index in [0.29, 0.717) is 11.8 Å². The summed E-state index contributed by atoms with van der Waals surface area (Å²) in [4.78, 5) is 16.1. The van der Waals surface area contributed by atoms with Crippen LogP contribution in [0.2, 0.25) is 0 Å². The lowest BCUT2D eigenvalue weighted by Crippen LogP contribution is -2.44. The Balaban J connectivity index is 1.04. The van der Waals surface area contributed by atoms with Gasteiger partial charge in [0.05, 0.1) is 33.6 Å². The Morgan fingerprint density at radius 2 is 0.816 bits per heavy atom. The number of hydrogen-bond donors (Lipinski definition) is 0. The Morgan fingerprint density at radius 1 is 0.382 bits per heavy atom. The monoisotopic (exact) mass is 982 g/mol. The van der Waals surface area contributed by atoms with Gasteiger partial charge in [-0.2, -0.15) is 0 Å². The molecule has 4 aliphatic heterocycles. The first-order valence-corrected chi connectivity index (χ1v) is 27.3. The molecule has 0 saturated carbocycles. The second-order valence-corrected chi connectivity index (χ2v) is 23.1. The molecule has 0 fully saturated rings. The molecule has 10 aromatic rings. The molecule has 76 heavy (non-hydrogen) atoms. The lowest BCUT2D eigenvalue weighted by Gasteiger charge is -2.53. The number of pyridine rings is 2. The van der Waals surface area contributed by atoms with Gasteiger partial charge < -0.3 is 0 Å². The van der Waals surface area contributed by atoms with E-state index >= 15 is 0 Å². The van der Waals surface area contributed by atoms with Gasteiger partial charge in [-0.25, -0.2) is 9.97 Å². The summed E-state index contributed by atoms with van der Waals surface area (Å²) in [5.41, 5.74) is 21.7. The van der Waals surface area contributed by atoms with Crippen LogP contribution in [0.4, 0.5) is 34.4 Å². The molecular formula is C72H62N4. The third-order valence-electron chi connectivity index (χ3n) is 18.1. The summed E-state index contributed by atoms with van der Waals surface area (Å²) in [6.45, 7) is 16.7. The minimum Gasteiger partial charge on any atom is -0.294 e. The smallest absolute Gasteiger partial charge is 0.142 e. The Morgan fingerprint density at radius 3 is 1.36 bits per heavy atom. The zero-order valence-electron chi connectivity index (χ0n) is 44.5. The van der Waals surface area contributed by atoms with E-state index in [1.54, 1.807) is 0 Å². The molecule has 1 unspecified atom stereocenters. The van der Waals surface area contributed by atoms with Gasteiger partial charge >= 0.3 is 0 Å². The molecule has 0 N–H and O–H groups in total. The molecule has 4 heteroatoms. The Bertz CT molecular complexity index is 3840. The van der Waals surface area contributed by atoms with Crippen LogP contribution < -0.4 is 9.80 Å². The third kappa shape index (κ3) is 6.13. The fraction of sp³-hybridized carbons (Fsp3) is 0.194. The fourth-order valence-corrected chi connectivity index (χ4v) is 14.6. The minimum atomic E-state index is -0.646. The average molecular weight is 983 g/mol. The molecule has 4 aliphatic rings. The average Bonchev–Trinajstić information content (AvgIpc) is 3.31. The maximum absolute atomic E-state index is 5.57. The van der Waals surface area contributed by atoms with Crippen molar-refractivity contribution >= 4 is 34.4 Å². The second-order valence-electron chi connectivity index (χ2n) is 23.1. The molecule has 2 aromatic heterocycles. The van der Waals surface area contributed by atoms with E-state index in [1.807, 2.05) is 6.20 Å². The topological polar surface area (TPSA) is 32.3 Å². The van der Waals surface area contributed by atoms with Crippen LogP contribution in [0.5, 0.6) is 0 Å². The predicted molar refractivity (Wildman–Crippen MR) is 312 cm³/mol. The quantitative estimate of drug-likeness (QED) is 0.152. The number of anilines is 6. The fourth-order valence-electron chi connectivity index (χ4n) is 14.6. The first kappa shape index (κ1) is 46.2. The van der Waals surface area contributed by atoms with Crippen molar-refractivity contribution < 1.29 is 0 Å². The van der Waals surface area contributed by atoms with Gasteiger partial charge in [-0.05, 0) is 115 Å². The standard InChI is InChI=1S/C72H62N4/c1-46(2)48-36-38-55-62(43-48)75-66-58(32-21-34-60(66)72(53-27-16-10-17-28-53,54-29-18-11-19-30-54)61-35-22-41-73-67(61)75)70(55,7)45-50-40-42-74-68-64(50)69(5,6)57-31-20-33-59-65(57)76(68)63-44-49(47(3)4)37-39-56(63)71(59,51-23-12-8-13-24-51)52-25-14-9-15-26-52/h8-44,46-47H,45H2,1-7H3. The van der Waals surface area contributed by atoms with Crippen molar-refractivity contribution in [2.75, 3.05) is 9.80 Å². The molecule has 4 nitrogen and oxygen atoms in total. The summed E-state index contributed by atoms with van der Waals surface area (Å²) in [6, 6.07) is 80.3. The molecule has 0 bridgehead atoms. The molecule has 0 aliphatic carbocycles. The van der Waals surface area contributed by atoms with Crippen LogP contribution in [-0.4, -0.2) is 9.97 Å². The van der Waals surface area contributed by atoms with Gasteiger partial charge in [-0.3, -0.25) is 9.80 Å². The van der Waals surface area contributed by atoms with Crippen LogP contribution in [0.15, 0.2) is 225 Å². The normalized spacial score (nSPS) is 17.5. The van der Waals surface area contributed by atoms with Gasteiger partial charge in [0, 0.05) is 34.4 Å². The molecule has 0 spiro atoms. The highest BCUT2D eigenvalue weighted by atomic mass is 15.2. The van der Waals surface area contributed by atoms with Crippen LogP contribution in [0.25, 0.3) is 0 Å². The van der Waals surface area contributed by atoms with Gasteiger partial charge in [0.15, 0.2) is 0 Å². The summed E-state index contributed by atoms with van der Waals surface area (Å²) in [5, 5.41) is 0. The van der Waals surface area contributed by atoms with Crippen molar-refractivity contribution in [3.05, 3.63) is 308 Å². The lowest BCUT2D eigenvalue weighted by atomic mass is 9.58. The van der Waals surface area contributed by atoms with Gasteiger partial charge in [0.1, 0.15) is 11.6 Å². The molecule has 14 rings (SSSR count). The van der Waals surface area contributed by atoms with E-state index in [0.717, 1.165) is 18.1 Å². The van der Waals surface area contributed by atoms with Crippen LogP contribution in [-0.2, 0) is 28.1 Å². The largest absolute Gasteiger partial charge is 0.294 e. The lowest BCUT2D eigenvalue weighted by molar-refractivity contribution is 0.537. The molecule has 370 valence electrons. The number of nitrogens with zero attached hydrogens (tertiary/aromatic N) is 4. The Kier molecular flexibility index (Phi) is 10.2. The van der Waals surface area contributed by atoms with Crippen molar-refractivity contribution in [2.45, 2.75) is 88.4 Å². The summed E-state index contributed by atoms with van der Waals surface area (Å²) in [7, 11) is 0. The van der Waals surface area contributed by atoms with E-state index in [9.17, 15) is 0 Å². The van der Waals surface area contributed by atoms with Crippen molar-refractivity contribution in [3.63, 3.8) is 0 Å². The molecule has 0 radical (unpaired) electrons. The van der Waals surface area contributed by atoms with Crippen molar-refractivity contribution in [2.24, 2.45) is 0 Å². The molecule has 6 heterocycles. The van der Waals surface area contributed by atoms with Gasteiger partial charge in [0.2, 0.25) is 0 Å². The van der Waals surface area contributed by atoms with Gasteiger partial charge in [0.25, 0.3) is 0 Å². The molecular weight excluding hydrogens is 921 g/mol. The highest BCUT2D eigenvalue weighted by molar-refractivity contribution is 5.96. The summed E-state index contributed by atoms with van der Waals surface area (Å²) >= 11 is 0. The Hall–Kier alpha value is -8.34. The van der Waals surface area contributed by atoms with E-state index in [4.69, 9.17) is 9.97 Å². The predicted octanol–water partition coefficient (Wildman–Crippen LogP) is 17.6. The zero-order valence-corrected chi connectivity index (χ0v) is 44.5. The van der Waals surface area contributed by atoms with E-state index < -0.39 is 21.7 Å². The van der Waals surface area contributed by atoms with E-state index in [2.05, 4.69) is 277 Å². The summed E-state index contributed by atoms with van der Waals surface area (Å²) in [5.74, 6) is 2.64. The minimum absolute atomic E-state index is 0.327. The number of fused-ring (bicyclic) bond motifs is 8. The number of rotatable bonds is 8. The van der Waals surface area contributed by atoms with Gasteiger partial charge in [-0.1, -0.05) is 237 Å². The maximum atomic E-state index is 5.57. The zero-order chi connectivity index (χ0) is 51.7. The number of hydrogen-bond acceptors (Lipinski definition) is 4. The van der Waals surface area contributed by atoms with Crippen LogP contribution >= 0.6 is 0 Å². The Labute approximate surface area is 448 Å². The number of para-hydroxylation sites is 2. The van der Waals surface area contributed by atoms with Crippen molar-refractivity contribution in [3.8, 4) is 0 Å². The van der Waals surface area contributed by atoms with Gasteiger partial charge in [-0.15, -0.1) is 0 Å². The van der Waals surface area contributed by atoms with E-state index in [-0.39, 0.29) is 0 Å². The first-order valence-electron chi connectivity index (χ1n) is 27.3. The maximum Gasteiger partial charge on any atom is 0.142 e. The van der Waals surface area contributed by atoms with Crippen molar-refractivity contribution in [1.29, 1.82) is 0 Å². The van der Waals surface area contributed by atoms with Crippen LogP contribution in [0.1, 0.15) is 144 Å². The molecule has 8 aromatic carbocycles. The van der Waals surface area contributed by atoms with E-state index in [1.165, 1.54) is 106 Å². The van der Waals surface area contributed by atoms with Crippen LogP contribution in [0.3, 0.4) is 0 Å². The molecule has 0 amide bonds. The first-order chi connectivity index (χ1) is 37.0. The summed E-state index contributed by atoms with van der Waals surface area (Å²) in [6.07, 6.45) is 4.82. The molecule has 0 saturated heterocycles. The SMILES string of the molecule is CC(C)c1ccc2c(c1)N1c3ncccc3C(c3ccccc3)(c3ccccc3)c3cccc(c31)C2(C)Cc1ccnc2c1C(C)(C)c1cccc3c1N2c1cc(C(C)C)ccc1C3(c1ccccc1)c1ccccc1. The third-order valence-corrected chi connectivity index (χ3v) is 18.1. The van der Waals surface area contributed by atoms with Crippen LogP contribution in [0, 0.1) is 0 Å². The molecule has 1 atom stereocenters. The number of aromatic nitrogens is 2. The highest BCUT2D eigenvalue weighted by Crippen LogP contribution is 2.66. The summed E-state index contributed by atoms with van der Waals surface area (Å²) < 4.78 is 0. The van der Waals surface area contributed by atoms with Crippen molar-refractivity contribution in [1.82, 2.24) is 9.97 Å².